The third kappa shape index (κ3) is 5.19. The van der Waals surface area contributed by atoms with Crippen LogP contribution in [0.1, 0.15) is 35.2 Å². The second-order valence-electron chi connectivity index (χ2n) is 4.60. The number of amides is 1. The van der Waals surface area contributed by atoms with Crippen molar-refractivity contribution in [3.05, 3.63) is 35.4 Å². The van der Waals surface area contributed by atoms with Gasteiger partial charge in [0.05, 0.1) is 11.6 Å². The zero-order chi connectivity index (χ0) is 15.1. The van der Waals surface area contributed by atoms with Crippen LogP contribution in [0.4, 0.5) is 0 Å². The molecule has 0 saturated carbocycles. The highest BCUT2D eigenvalue weighted by Crippen LogP contribution is 2.08. The standard InChI is InChI=1S/C14H18N2O4/c15-11(12(17)2-1-3-13(16)18)8-9-4-6-10(7-5-9)14(19)20/h4-7,11H,1-3,8,15H2,(H2,16,18)(H,19,20)/t11-/m0/s1. The number of ketones is 1. The van der Waals surface area contributed by atoms with Crippen molar-refractivity contribution in [3.63, 3.8) is 0 Å². The molecule has 1 rings (SSSR count). The van der Waals surface area contributed by atoms with Crippen LogP contribution in [0, 0.1) is 0 Å². The lowest BCUT2D eigenvalue weighted by Crippen LogP contribution is -2.32. The number of hydrogen-bond acceptors (Lipinski definition) is 4. The van der Waals surface area contributed by atoms with Crippen molar-refractivity contribution in [1.82, 2.24) is 0 Å². The molecule has 5 N–H and O–H groups in total. The molecular formula is C14H18N2O4. The number of rotatable bonds is 8. The normalized spacial score (nSPS) is 11.8. The van der Waals surface area contributed by atoms with Crippen LogP contribution < -0.4 is 11.5 Å². The zero-order valence-corrected chi connectivity index (χ0v) is 11.0. The molecule has 0 radical (unpaired) electrons. The van der Waals surface area contributed by atoms with Gasteiger partial charge in [-0.15, -0.1) is 0 Å². The molecule has 0 aromatic heterocycles. The second kappa shape index (κ2) is 7.40. The van der Waals surface area contributed by atoms with E-state index in [0.717, 1.165) is 5.56 Å². The zero-order valence-electron chi connectivity index (χ0n) is 11.0. The Morgan fingerprint density at radius 2 is 1.70 bits per heavy atom. The number of carboxylic acid groups (broad SMARTS) is 1. The smallest absolute Gasteiger partial charge is 0.335 e. The van der Waals surface area contributed by atoms with Crippen molar-refractivity contribution in [1.29, 1.82) is 0 Å². The molecule has 0 aliphatic carbocycles. The van der Waals surface area contributed by atoms with Crippen molar-refractivity contribution in [3.8, 4) is 0 Å². The summed E-state index contributed by atoms with van der Waals surface area (Å²) in [7, 11) is 0. The number of hydrogen-bond donors (Lipinski definition) is 3. The van der Waals surface area contributed by atoms with E-state index < -0.39 is 17.9 Å². The summed E-state index contributed by atoms with van der Waals surface area (Å²) >= 11 is 0. The summed E-state index contributed by atoms with van der Waals surface area (Å²) in [6.07, 6.45) is 1.14. The van der Waals surface area contributed by atoms with E-state index in [-0.39, 0.29) is 24.2 Å². The highest BCUT2D eigenvalue weighted by atomic mass is 16.4. The minimum absolute atomic E-state index is 0.131. The summed E-state index contributed by atoms with van der Waals surface area (Å²) in [4.78, 5) is 33.0. The predicted octanol–water partition coefficient (Wildman–Crippen LogP) is 0.479. The third-order valence-corrected chi connectivity index (χ3v) is 2.92. The lowest BCUT2D eigenvalue weighted by Gasteiger charge is -2.10. The molecule has 1 amide bonds. The monoisotopic (exact) mass is 278 g/mol. The van der Waals surface area contributed by atoms with Crippen LogP contribution in [0.3, 0.4) is 0 Å². The summed E-state index contributed by atoms with van der Waals surface area (Å²) < 4.78 is 0. The van der Waals surface area contributed by atoms with E-state index in [1.807, 2.05) is 0 Å². The number of carbonyl (C=O) groups is 3. The Bertz CT molecular complexity index is 496. The van der Waals surface area contributed by atoms with Gasteiger partial charge >= 0.3 is 5.97 Å². The van der Waals surface area contributed by atoms with Gasteiger partial charge in [0.25, 0.3) is 0 Å². The minimum atomic E-state index is -0.997. The summed E-state index contributed by atoms with van der Waals surface area (Å²) in [6, 6.07) is 5.57. The maximum atomic E-state index is 11.7. The molecule has 108 valence electrons. The number of aromatic carboxylic acids is 1. The van der Waals surface area contributed by atoms with Crippen molar-refractivity contribution < 1.29 is 19.5 Å². The van der Waals surface area contributed by atoms with Gasteiger partial charge < -0.3 is 16.6 Å². The lowest BCUT2D eigenvalue weighted by molar-refractivity contribution is -0.120. The van der Waals surface area contributed by atoms with E-state index in [0.29, 0.717) is 12.8 Å². The van der Waals surface area contributed by atoms with Crippen molar-refractivity contribution >= 4 is 17.7 Å². The van der Waals surface area contributed by atoms with Crippen LogP contribution >= 0.6 is 0 Å². The van der Waals surface area contributed by atoms with Gasteiger partial charge in [-0.05, 0) is 30.5 Å². The molecule has 6 heteroatoms. The minimum Gasteiger partial charge on any atom is -0.478 e. The molecule has 1 atom stereocenters. The molecule has 20 heavy (non-hydrogen) atoms. The Balaban J connectivity index is 2.48. The van der Waals surface area contributed by atoms with Crippen molar-refractivity contribution in [2.24, 2.45) is 11.5 Å². The molecule has 0 heterocycles. The van der Waals surface area contributed by atoms with Gasteiger partial charge in [0.15, 0.2) is 0 Å². The highest BCUT2D eigenvalue weighted by Gasteiger charge is 2.14. The van der Waals surface area contributed by atoms with Crippen LogP contribution in [-0.4, -0.2) is 28.8 Å². The molecule has 6 nitrogen and oxygen atoms in total. The van der Waals surface area contributed by atoms with Crippen LogP contribution in [0.15, 0.2) is 24.3 Å². The van der Waals surface area contributed by atoms with Crippen LogP contribution in [0.5, 0.6) is 0 Å². The molecule has 0 fully saturated rings. The van der Waals surface area contributed by atoms with E-state index in [4.69, 9.17) is 16.6 Å². The first-order valence-electron chi connectivity index (χ1n) is 6.29. The fourth-order valence-corrected chi connectivity index (χ4v) is 1.77. The molecular weight excluding hydrogens is 260 g/mol. The lowest BCUT2D eigenvalue weighted by atomic mass is 9.99. The fourth-order valence-electron chi connectivity index (χ4n) is 1.77. The number of nitrogens with two attached hydrogens (primary N) is 2. The molecule has 1 aromatic rings. The summed E-state index contributed by atoms with van der Waals surface area (Å²) in [5, 5.41) is 8.77. The first-order valence-corrected chi connectivity index (χ1v) is 6.29. The molecule has 0 spiro atoms. The highest BCUT2D eigenvalue weighted by molar-refractivity contribution is 5.87. The molecule has 0 aliphatic heterocycles. The molecule has 1 aromatic carbocycles. The van der Waals surface area contributed by atoms with E-state index >= 15 is 0 Å². The topological polar surface area (TPSA) is 123 Å². The van der Waals surface area contributed by atoms with Crippen molar-refractivity contribution in [2.75, 3.05) is 0 Å². The maximum Gasteiger partial charge on any atom is 0.335 e. The number of primary amides is 1. The molecule has 0 unspecified atom stereocenters. The summed E-state index contributed by atoms with van der Waals surface area (Å²) in [5.41, 5.74) is 11.8. The average Bonchev–Trinajstić information content (AvgIpc) is 2.38. The van der Waals surface area contributed by atoms with Crippen LogP contribution in [-0.2, 0) is 16.0 Å². The predicted molar refractivity (Wildman–Crippen MR) is 73.1 cm³/mol. The second-order valence-corrected chi connectivity index (χ2v) is 4.60. The van der Waals surface area contributed by atoms with Gasteiger partial charge in [-0.2, -0.15) is 0 Å². The largest absolute Gasteiger partial charge is 0.478 e. The molecule has 0 aliphatic rings. The first kappa shape index (κ1) is 15.8. The van der Waals surface area contributed by atoms with Crippen molar-refractivity contribution in [2.45, 2.75) is 31.7 Å². The Labute approximate surface area is 116 Å². The van der Waals surface area contributed by atoms with Crippen LogP contribution in [0.25, 0.3) is 0 Å². The number of benzene rings is 1. The van der Waals surface area contributed by atoms with E-state index in [1.165, 1.54) is 12.1 Å². The van der Waals surface area contributed by atoms with E-state index in [9.17, 15) is 14.4 Å². The van der Waals surface area contributed by atoms with Gasteiger partial charge in [0, 0.05) is 12.8 Å². The van der Waals surface area contributed by atoms with Gasteiger partial charge in [-0.25, -0.2) is 4.79 Å². The Morgan fingerprint density at radius 1 is 1.10 bits per heavy atom. The van der Waals surface area contributed by atoms with Gasteiger partial charge in [-0.1, -0.05) is 12.1 Å². The summed E-state index contributed by atoms with van der Waals surface area (Å²) in [6.45, 7) is 0. The quantitative estimate of drug-likeness (QED) is 0.638. The van der Waals surface area contributed by atoms with Crippen LogP contribution in [0.2, 0.25) is 0 Å². The van der Waals surface area contributed by atoms with Gasteiger partial charge in [0.2, 0.25) is 5.91 Å². The number of carboxylic acids is 1. The summed E-state index contributed by atoms with van der Waals surface area (Å²) in [5.74, 6) is -1.56. The fraction of sp³-hybridized carbons (Fsp3) is 0.357. The Morgan fingerprint density at radius 3 is 2.20 bits per heavy atom. The first-order chi connectivity index (χ1) is 9.40. The third-order valence-electron chi connectivity index (χ3n) is 2.92. The molecule has 0 saturated heterocycles. The molecule has 0 bridgehead atoms. The van der Waals surface area contributed by atoms with Gasteiger partial charge in [-0.3, -0.25) is 9.59 Å². The maximum absolute atomic E-state index is 11.7. The Kier molecular flexibility index (Phi) is 5.86. The Hall–Kier alpha value is -2.21. The number of carbonyl (C=O) groups excluding carboxylic acids is 2. The van der Waals surface area contributed by atoms with Gasteiger partial charge in [0.1, 0.15) is 5.78 Å². The number of Topliss-reactive ketones (excluding diaryl/α,β-unsaturated/α-hetero) is 1. The van der Waals surface area contributed by atoms with E-state index in [1.54, 1.807) is 12.1 Å². The SMILES string of the molecule is NC(=O)CCCC(=O)[C@@H](N)Cc1ccc(C(=O)O)cc1. The van der Waals surface area contributed by atoms with E-state index in [2.05, 4.69) is 0 Å². The average molecular weight is 278 g/mol.